The summed E-state index contributed by atoms with van der Waals surface area (Å²) in [5, 5.41) is 5.99. The summed E-state index contributed by atoms with van der Waals surface area (Å²) in [6, 6.07) is 9.64. The normalized spacial score (nSPS) is 18.0. The molecule has 1 heterocycles. The maximum Gasteiger partial charge on any atom is 0.411 e. The molecule has 3 rings (SSSR count). The number of hydrogen-bond donors (Lipinski definition) is 2. The molecule has 2 N–H and O–H groups in total. The third-order valence-electron chi connectivity index (χ3n) is 6.37. The van der Waals surface area contributed by atoms with Crippen molar-refractivity contribution < 1.29 is 28.7 Å². The molecule has 3 amide bonds. The van der Waals surface area contributed by atoms with Gasteiger partial charge >= 0.3 is 12.1 Å². The Bertz CT molecular complexity index is 1270. The smallest absolute Gasteiger partial charge is 0.411 e. The number of benzene rings is 2. The van der Waals surface area contributed by atoms with Crippen LogP contribution >= 0.6 is 35.0 Å². The molecule has 2 aromatic carbocycles. The third kappa shape index (κ3) is 7.03. The number of rotatable bonds is 8. The van der Waals surface area contributed by atoms with Gasteiger partial charge in [-0.2, -0.15) is 0 Å². The first-order chi connectivity index (χ1) is 18.7. The van der Waals surface area contributed by atoms with E-state index in [2.05, 4.69) is 10.6 Å². The van der Waals surface area contributed by atoms with Crippen molar-refractivity contribution >= 4 is 64.5 Å². The molecule has 0 spiro atoms. The number of ether oxygens (including phenoxy) is 2. The highest BCUT2D eigenvalue weighted by Crippen LogP contribution is 2.51. The highest BCUT2D eigenvalue weighted by molar-refractivity contribution is 8.02. The van der Waals surface area contributed by atoms with Crippen molar-refractivity contribution in [2.45, 2.75) is 62.7 Å². The van der Waals surface area contributed by atoms with Crippen molar-refractivity contribution in [2.24, 2.45) is 0 Å². The standard InChI is InChI=1S/C28H33Cl2N3O6S/c1-7-39-26(37)33-22(27(2,3)40-28(33,4)5)24(35)32-20(25(36)38-6)15-16-11-13-17(14-12-16)31-23(34)21-18(29)9-8-10-19(21)30/h8-14,20,22H,7,15H2,1-6H3,(H,31,34)(H,32,35). The number of methoxy groups -OCH3 is 1. The van der Waals surface area contributed by atoms with E-state index in [1.807, 2.05) is 27.7 Å². The van der Waals surface area contributed by atoms with Crippen LogP contribution in [0.15, 0.2) is 42.5 Å². The molecule has 9 nitrogen and oxygen atoms in total. The average molecular weight is 611 g/mol. The minimum absolute atomic E-state index is 0.117. The van der Waals surface area contributed by atoms with Crippen molar-refractivity contribution in [1.29, 1.82) is 0 Å². The number of amides is 3. The van der Waals surface area contributed by atoms with Crippen LogP contribution in [-0.4, -0.2) is 64.2 Å². The maximum absolute atomic E-state index is 13.6. The van der Waals surface area contributed by atoms with Gasteiger partial charge in [-0.05, 0) is 64.4 Å². The Morgan fingerprint density at radius 2 is 1.62 bits per heavy atom. The topological polar surface area (TPSA) is 114 Å². The summed E-state index contributed by atoms with van der Waals surface area (Å²) in [7, 11) is 1.24. The lowest BCUT2D eigenvalue weighted by Crippen LogP contribution is -2.59. The average Bonchev–Trinajstić information content (AvgIpc) is 3.07. The van der Waals surface area contributed by atoms with Crippen LogP contribution in [0.2, 0.25) is 10.0 Å². The SMILES string of the molecule is CCOC(=O)N1C(C(=O)NC(Cc2ccc(NC(=O)c3c(Cl)cccc3Cl)cc2)C(=O)OC)C(C)(C)SC1(C)C. The number of carbonyl (C=O) groups excluding carboxylic acids is 4. The molecule has 1 aliphatic rings. The zero-order valence-electron chi connectivity index (χ0n) is 23.2. The van der Waals surface area contributed by atoms with Crippen molar-refractivity contribution in [2.75, 3.05) is 19.0 Å². The van der Waals surface area contributed by atoms with Gasteiger partial charge in [-0.15, -0.1) is 11.8 Å². The zero-order valence-corrected chi connectivity index (χ0v) is 25.5. The first-order valence-electron chi connectivity index (χ1n) is 12.6. The number of anilines is 1. The Balaban J connectivity index is 1.77. The first kappa shape index (κ1) is 31.6. The van der Waals surface area contributed by atoms with Crippen LogP contribution in [0.25, 0.3) is 0 Å². The van der Waals surface area contributed by atoms with Gasteiger partial charge in [0.2, 0.25) is 5.91 Å². The van der Waals surface area contributed by atoms with E-state index < -0.39 is 45.6 Å². The molecular formula is C28H33Cl2N3O6S. The molecule has 0 aliphatic carbocycles. The second-order valence-electron chi connectivity index (χ2n) is 10.2. The van der Waals surface area contributed by atoms with Crippen LogP contribution in [0.3, 0.4) is 0 Å². The molecule has 0 bridgehead atoms. The molecule has 216 valence electrons. The molecular weight excluding hydrogens is 577 g/mol. The number of carbonyl (C=O) groups is 4. The number of halogens is 2. The summed E-state index contributed by atoms with van der Waals surface area (Å²) < 4.78 is 9.54. The Morgan fingerprint density at radius 1 is 1.02 bits per heavy atom. The third-order valence-corrected chi connectivity index (χ3v) is 8.44. The lowest BCUT2D eigenvalue weighted by molar-refractivity contribution is -0.145. The summed E-state index contributed by atoms with van der Waals surface area (Å²) in [6.45, 7) is 9.31. The Kier molecular flexibility index (Phi) is 10.0. The number of thioether (sulfide) groups is 1. The van der Waals surface area contributed by atoms with Gasteiger partial charge in [-0.3, -0.25) is 14.5 Å². The number of esters is 1. The minimum atomic E-state index is -1.02. The van der Waals surface area contributed by atoms with Crippen LogP contribution in [-0.2, 0) is 25.5 Å². The van der Waals surface area contributed by atoms with Gasteiger partial charge in [0.05, 0.1) is 34.2 Å². The van der Waals surface area contributed by atoms with Crippen LogP contribution < -0.4 is 10.6 Å². The van der Waals surface area contributed by atoms with E-state index in [0.717, 1.165) is 0 Å². The summed E-state index contributed by atoms with van der Waals surface area (Å²) in [4.78, 5) is 52.5. The lowest BCUT2D eigenvalue weighted by atomic mass is 9.98. The number of nitrogens with zero attached hydrogens (tertiary/aromatic N) is 1. The van der Waals surface area contributed by atoms with Crippen molar-refractivity contribution in [3.05, 3.63) is 63.6 Å². The molecule has 2 atom stereocenters. The summed E-state index contributed by atoms with van der Waals surface area (Å²) >= 11 is 13.7. The van der Waals surface area contributed by atoms with E-state index in [4.69, 9.17) is 32.7 Å². The summed E-state index contributed by atoms with van der Waals surface area (Å²) in [5.74, 6) is -1.59. The van der Waals surface area contributed by atoms with Crippen molar-refractivity contribution in [3.8, 4) is 0 Å². The number of nitrogens with one attached hydrogen (secondary N) is 2. The molecule has 2 unspecified atom stereocenters. The van der Waals surface area contributed by atoms with Gasteiger partial charge in [-0.1, -0.05) is 41.4 Å². The highest BCUT2D eigenvalue weighted by atomic mass is 35.5. The Labute approximate surface area is 248 Å². The van der Waals surface area contributed by atoms with Crippen LogP contribution in [0.4, 0.5) is 10.5 Å². The number of hydrogen-bond acceptors (Lipinski definition) is 7. The molecule has 0 aromatic heterocycles. The molecule has 40 heavy (non-hydrogen) atoms. The molecule has 12 heteroatoms. The largest absolute Gasteiger partial charge is 0.467 e. The van der Waals surface area contributed by atoms with Crippen LogP contribution in [0.1, 0.15) is 50.5 Å². The summed E-state index contributed by atoms with van der Waals surface area (Å²) in [6.07, 6.45) is -0.484. The molecule has 2 aromatic rings. The zero-order chi connectivity index (χ0) is 29.8. The van der Waals surface area contributed by atoms with Gasteiger partial charge in [-0.25, -0.2) is 9.59 Å². The first-order valence-corrected chi connectivity index (χ1v) is 14.2. The fraction of sp³-hybridized carbons (Fsp3) is 0.429. The minimum Gasteiger partial charge on any atom is -0.467 e. The Hall–Kier alpha value is -2.95. The molecule has 1 fully saturated rings. The van der Waals surface area contributed by atoms with Gasteiger partial charge in [0.1, 0.15) is 12.1 Å². The quantitative estimate of drug-likeness (QED) is 0.378. The van der Waals surface area contributed by atoms with Crippen LogP contribution in [0, 0.1) is 0 Å². The van der Waals surface area contributed by atoms with Gasteiger partial charge in [0.15, 0.2) is 0 Å². The highest BCUT2D eigenvalue weighted by Gasteiger charge is 2.57. The molecule has 1 aliphatic heterocycles. The van der Waals surface area contributed by atoms with Gasteiger partial charge in [0.25, 0.3) is 5.91 Å². The van der Waals surface area contributed by atoms with E-state index in [-0.39, 0.29) is 28.6 Å². The van der Waals surface area contributed by atoms with Crippen molar-refractivity contribution in [3.63, 3.8) is 0 Å². The van der Waals surface area contributed by atoms with E-state index in [0.29, 0.717) is 11.3 Å². The Morgan fingerprint density at radius 3 is 2.17 bits per heavy atom. The predicted octanol–water partition coefficient (Wildman–Crippen LogP) is 5.53. The second-order valence-corrected chi connectivity index (χ2v) is 13.2. The molecule has 0 saturated carbocycles. The van der Waals surface area contributed by atoms with E-state index in [1.165, 1.54) is 23.8 Å². The van der Waals surface area contributed by atoms with Gasteiger partial charge < -0.3 is 20.1 Å². The second kappa shape index (κ2) is 12.7. The van der Waals surface area contributed by atoms with E-state index in [1.54, 1.807) is 49.4 Å². The van der Waals surface area contributed by atoms with E-state index >= 15 is 0 Å². The monoisotopic (exact) mass is 609 g/mol. The predicted molar refractivity (Wildman–Crippen MR) is 157 cm³/mol. The van der Waals surface area contributed by atoms with E-state index in [9.17, 15) is 19.2 Å². The molecule has 1 saturated heterocycles. The van der Waals surface area contributed by atoms with Crippen molar-refractivity contribution in [1.82, 2.24) is 10.2 Å². The lowest BCUT2D eigenvalue weighted by Gasteiger charge is -2.34. The molecule has 0 radical (unpaired) electrons. The van der Waals surface area contributed by atoms with Crippen LogP contribution in [0.5, 0.6) is 0 Å². The fourth-order valence-corrected chi connectivity index (χ4v) is 7.24. The maximum atomic E-state index is 13.6. The van der Waals surface area contributed by atoms with Gasteiger partial charge in [0, 0.05) is 16.9 Å². The summed E-state index contributed by atoms with van der Waals surface area (Å²) in [5.41, 5.74) is 1.35. The fourth-order valence-electron chi connectivity index (χ4n) is 4.78.